The predicted molar refractivity (Wildman–Crippen MR) is 108 cm³/mol. The third-order valence-corrected chi connectivity index (χ3v) is 4.36. The van der Waals surface area contributed by atoms with Gasteiger partial charge < -0.3 is 18.9 Å². The quantitative estimate of drug-likeness (QED) is 0.533. The monoisotopic (exact) mass is 379 g/mol. The highest BCUT2D eigenvalue weighted by atomic mass is 16.5. The van der Waals surface area contributed by atoms with Gasteiger partial charge in [-0.15, -0.1) is 0 Å². The Bertz CT molecular complexity index is 876. The third kappa shape index (κ3) is 5.16. The summed E-state index contributed by atoms with van der Waals surface area (Å²) in [6.45, 7) is 2.93. The third-order valence-electron chi connectivity index (χ3n) is 4.36. The van der Waals surface area contributed by atoms with Gasteiger partial charge in [-0.3, -0.25) is 4.98 Å². The van der Waals surface area contributed by atoms with E-state index in [1.807, 2.05) is 54.6 Å². The maximum atomic E-state index is 6.04. The number of aryl methyl sites for hydroxylation is 1. The average Bonchev–Trinajstić information content (AvgIpc) is 2.77. The van der Waals surface area contributed by atoms with Gasteiger partial charge in [0.15, 0.2) is 11.5 Å². The summed E-state index contributed by atoms with van der Waals surface area (Å²) in [6.07, 6.45) is 2.56. The Labute approximate surface area is 165 Å². The number of hydrogen-bond acceptors (Lipinski definition) is 5. The molecule has 146 valence electrons. The van der Waals surface area contributed by atoms with Crippen LogP contribution in [0.4, 0.5) is 0 Å². The summed E-state index contributed by atoms with van der Waals surface area (Å²) in [5, 5.41) is 0. The number of rotatable bonds is 9. The van der Waals surface area contributed by atoms with Crippen molar-refractivity contribution in [2.45, 2.75) is 26.6 Å². The molecule has 0 bridgehead atoms. The van der Waals surface area contributed by atoms with Crippen LogP contribution in [0.15, 0.2) is 60.8 Å². The van der Waals surface area contributed by atoms with Gasteiger partial charge in [0.1, 0.15) is 24.7 Å². The molecule has 0 aliphatic heterocycles. The van der Waals surface area contributed by atoms with Gasteiger partial charge in [0.25, 0.3) is 0 Å². The van der Waals surface area contributed by atoms with Crippen molar-refractivity contribution in [3.8, 4) is 23.0 Å². The fraction of sp³-hybridized carbons (Fsp3) is 0.261. The van der Waals surface area contributed by atoms with Crippen LogP contribution >= 0.6 is 0 Å². The van der Waals surface area contributed by atoms with Crippen LogP contribution in [0, 0.1) is 0 Å². The molecule has 1 heterocycles. The van der Waals surface area contributed by atoms with E-state index in [0.717, 1.165) is 34.7 Å². The van der Waals surface area contributed by atoms with Crippen LogP contribution in [-0.4, -0.2) is 19.2 Å². The molecule has 0 aliphatic carbocycles. The normalized spacial score (nSPS) is 10.4. The number of hydrogen-bond donors (Lipinski definition) is 0. The molecule has 0 aliphatic rings. The summed E-state index contributed by atoms with van der Waals surface area (Å²) in [7, 11) is 3.31. The van der Waals surface area contributed by atoms with Crippen LogP contribution in [0.3, 0.4) is 0 Å². The summed E-state index contributed by atoms with van der Waals surface area (Å²) < 4.78 is 22.4. The molecular weight excluding hydrogens is 354 g/mol. The second-order valence-corrected chi connectivity index (χ2v) is 6.25. The predicted octanol–water partition coefficient (Wildman–Crippen LogP) is 4.82. The maximum Gasteiger partial charge on any atom is 0.179 e. The minimum Gasteiger partial charge on any atom is -0.497 e. The van der Waals surface area contributed by atoms with Crippen molar-refractivity contribution < 1.29 is 18.9 Å². The first-order chi connectivity index (χ1) is 13.7. The first kappa shape index (κ1) is 19.5. The Hall–Kier alpha value is -3.21. The molecule has 0 fully saturated rings. The summed E-state index contributed by atoms with van der Waals surface area (Å²) >= 11 is 0. The van der Waals surface area contributed by atoms with E-state index >= 15 is 0 Å². The lowest BCUT2D eigenvalue weighted by Crippen LogP contribution is -2.02. The van der Waals surface area contributed by atoms with E-state index < -0.39 is 0 Å². The zero-order chi connectivity index (χ0) is 19.8. The Kier molecular flexibility index (Phi) is 6.73. The molecule has 0 amide bonds. The van der Waals surface area contributed by atoms with E-state index in [2.05, 4.69) is 11.9 Å². The van der Waals surface area contributed by atoms with E-state index in [1.54, 1.807) is 20.4 Å². The number of nitrogens with zero attached hydrogens (tertiary/aromatic N) is 1. The lowest BCUT2D eigenvalue weighted by Gasteiger charge is -2.14. The number of ether oxygens (including phenoxy) is 4. The second kappa shape index (κ2) is 9.65. The Morgan fingerprint density at radius 3 is 1.68 bits per heavy atom. The Balaban J connectivity index is 1.69. The van der Waals surface area contributed by atoms with Gasteiger partial charge in [-0.1, -0.05) is 31.2 Å². The standard InChI is InChI=1S/C23H25NO4/c1-4-19-13-22(27-15-17-5-9-20(25-2)10-6-17)23(14-24-19)28-16-18-7-11-21(26-3)12-8-18/h5-14H,4,15-16H2,1-3H3. The molecule has 5 heteroatoms. The smallest absolute Gasteiger partial charge is 0.179 e. The van der Waals surface area contributed by atoms with Gasteiger partial charge in [0.05, 0.1) is 20.4 Å². The summed E-state index contributed by atoms with van der Waals surface area (Å²) in [4.78, 5) is 4.43. The maximum absolute atomic E-state index is 6.04. The molecule has 0 atom stereocenters. The van der Waals surface area contributed by atoms with Crippen molar-refractivity contribution in [1.29, 1.82) is 0 Å². The van der Waals surface area contributed by atoms with Crippen LogP contribution in [-0.2, 0) is 19.6 Å². The largest absolute Gasteiger partial charge is 0.497 e. The van der Waals surface area contributed by atoms with E-state index in [0.29, 0.717) is 24.7 Å². The molecule has 5 nitrogen and oxygen atoms in total. The first-order valence-electron chi connectivity index (χ1n) is 9.22. The second-order valence-electron chi connectivity index (χ2n) is 6.25. The summed E-state index contributed by atoms with van der Waals surface area (Å²) in [5.74, 6) is 2.96. The Morgan fingerprint density at radius 1 is 0.714 bits per heavy atom. The van der Waals surface area contributed by atoms with Crippen molar-refractivity contribution in [2.75, 3.05) is 14.2 Å². The van der Waals surface area contributed by atoms with Crippen LogP contribution in [0.5, 0.6) is 23.0 Å². The molecule has 3 rings (SSSR count). The molecule has 0 saturated carbocycles. The van der Waals surface area contributed by atoms with Crippen molar-refractivity contribution >= 4 is 0 Å². The summed E-state index contributed by atoms with van der Waals surface area (Å²) in [6, 6.07) is 17.5. The van der Waals surface area contributed by atoms with Gasteiger partial charge in [0.2, 0.25) is 0 Å². The van der Waals surface area contributed by atoms with Crippen molar-refractivity contribution in [3.05, 3.63) is 77.6 Å². The van der Waals surface area contributed by atoms with Crippen molar-refractivity contribution in [3.63, 3.8) is 0 Å². The Morgan fingerprint density at radius 2 is 1.21 bits per heavy atom. The van der Waals surface area contributed by atoms with Gasteiger partial charge in [-0.25, -0.2) is 0 Å². The van der Waals surface area contributed by atoms with Crippen LogP contribution in [0.1, 0.15) is 23.7 Å². The molecule has 0 saturated heterocycles. The molecule has 0 N–H and O–H groups in total. The van der Waals surface area contributed by atoms with Crippen molar-refractivity contribution in [2.24, 2.45) is 0 Å². The highest BCUT2D eigenvalue weighted by molar-refractivity contribution is 5.40. The first-order valence-corrected chi connectivity index (χ1v) is 9.22. The molecule has 0 unspecified atom stereocenters. The minimum atomic E-state index is 0.427. The highest BCUT2D eigenvalue weighted by Crippen LogP contribution is 2.29. The van der Waals surface area contributed by atoms with Crippen molar-refractivity contribution in [1.82, 2.24) is 4.98 Å². The lowest BCUT2D eigenvalue weighted by molar-refractivity contribution is 0.254. The summed E-state index contributed by atoms with van der Waals surface area (Å²) in [5.41, 5.74) is 3.06. The zero-order valence-corrected chi connectivity index (χ0v) is 16.5. The number of pyridine rings is 1. The van der Waals surface area contributed by atoms with Crippen LogP contribution in [0.2, 0.25) is 0 Å². The SMILES string of the molecule is CCc1cc(OCc2ccc(OC)cc2)c(OCc2ccc(OC)cc2)cn1. The fourth-order valence-electron chi connectivity index (χ4n) is 2.65. The van der Waals surface area contributed by atoms with E-state index in [9.17, 15) is 0 Å². The van der Waals surface area contributed by atoms with Crippen LogP contribution in [0.25, 0.3) is 0 Å². The zero-order valence-electron chi connectivity index (χ0n) is 16.5. The van der Waals surface area contributed by atoms with Gasteiger partial charge in [-0.05, 0) is 41.8 Å². The van der Waals surface area contributed by atoms with E-state index in [4.69, 9.17) is 18.9 Å². The molecule has 0 spiro atoms. The molecule has 2 aromatic carbocycles. The minimum absolute atomic E-state index is 0.427. The number of aromatic nitrogens is 1. The van der Waals surface area contributed by atoms with Crippen LogP contribution < -0.4 is 18.9 Å². The van der Waals surface area contributed by atoms with E-state index in [-0.39, 0.29) is 0 Å². The lowest BCUT2D eigenvalue weighted by atomic mass is 10.2. The average molecular weight is 379 g/mol. The van der Waals surface area contributed by atoms with E-state index in [1.165, 1.54) is 0 Å². The molecule has 1 aromatic heterocycles. The molecule has 0 radical (unpaired) electrons. The topological polar surface area (TPSA) is 49.8 Å². The van der Waals surface area contributed by atoms with Gasteiger partial charge in [0, 0.05) is 11.8 Å². The van der Waals surface area contributed by atoms with Gasteiger partial charge in [-0.2, -0.15) is 0 Å². The molecule has 28 heavy (non-hydrogen) atoms. The number of benzene rings is 2. The number of methoxy groups -OCH3 is 2. The fourth-order valence-corrected chi connectivity index (χ4v) is 2.65. The highest BCUT2D eigenvalue weighted by Gasteiger charge is 2.09. The van der Waals surface area contributed by atoms with Gasteiger partial charge >= 0.3 is 0 Å². The molecule has 3 aromatic rings. The molecular formula is C23H25NO4.